The Kier molecular flexibility index (Phi) is 7.36. The predicted octanol–water partition coefficient (Wildman–Crippen LogP) is 2.97. The third-order valence-corrected chi connectivity index (χ3v) is 5.76. The smallest absolute Gasteiger partial charge is 0.264 e. The Labute approximate surface area is 191 Å². The van der Waals surface area contributed by atoms with Gasteiger partial charge in [0.2, 0.25) is 0 Å². The van der Waals surface area contributed by atoms with Crippen LogP contribution in [-0.2, 0) is 21.7 Å². The fraction of sp³-hybridized carbons (Fsp3) is 0.333. The second-order valence-corrected chi connectivity index (χ2v) is 8.35. The maximum absolute atomic E-state index is 13.5. The number of amides is 2. The van der Waals surface area contributed by atoms with Gasteiger partial charge >= 0.3 is 0 Å². The maximum Gasteiger partial charge on any atom is 0.264 e. The Bertz CT molecular complexity index is 1040. The van der Waals surface area contributed by atoms with Gasteiger partial charge in [-0.05, 0) is 49.2 Å². The molecule has 0 aromatic heterocycles. The molecule has 2 aromatic rings. The third-order valence-electron chi connectivity index (χ3n) is 5.53. The lowest BCUT2D eigenvalue weighted by atomic mass is 9.83. The molecule has 1 heterocycles. The van der Waals surface area contributed by atoms with Gasteiger partial charge in [-0.3, -0.25) is 9.59 Å². The zero-order valence-electron chi connectivity index (χ0n) is 18.0. The summed E-state index contributed by atoms with van der Waals surface area (Å²) in [5.41, 5.74) is 0.407. The summed E-state index contributed by atoms with van der Waals surface area (Å²) < 4.78 is 0. The van der Waals surface area contributed by atoms with E-state index in [0.29, 0.717) is 28.4 Å². The van der Waals surface area contributed by atoms with Crippen molar-refractivity contribution in [3.63, 3.8) is 0 Å². The minimum Gasteiger partial charge on any atom is -0.396 e. The van der Waals surface area contributed by atoms with Crippen LogP contribution in [0.15, 0.2) is 54.6 Å². The molecule has 8 heteroatoms. The minimum absolute atomic E-state index is 0.0218. The number of carbonyl (C=O) groups excluding carboxylic acids is 2. The van der Waals surface area contributed by atoms with E-state index < -0.39 is 29.4 Å². The second-order valence-electron chi connectivity index (χ2n) is 7.91. The van der Waals surface area contributed by atoms with E-state index in [1.165, 1.54) is 11.8 Å². The molecule has 7 nitrogen and oxygen atoms in total. The Morgan fingerprint density at radius 3 is 2.69 bits per heavy atom. The Morgan fingerprint density at radius 1 is 1.25 bits per heavy atom. The number of aliphatic hydroxyl groups excluding tert-OH is 2. The molecule has 32 heavy (non-hydrogen) atoms. The lowest BCUT2D eigenvalue weighted by Gasteiger charge is -2.27. The van der Waals surface area contributed by atoms with E-state index in [0.717, 1.165) is 5.56 Å². The number of carbonyl (C=O) groups is 2. The van der Waals surface area contributed by atoms with Crippen LogP contribution in [0.3, 0.4) is 0 Å². The van der Waals surface area contributed by atoms with Crippen LogP contribution in [0.5, 0.6) is 0 Å². The first-order valence-electron chi connectivity index (χ1n) is 10.4. The lowest BCUT2D eigenvalue weighted by molar-refractivity contribution is -0.139. The molecule has 0 saturated carbocycles. The molecule has 3 atom stereocenters. The van der Waals surface area contributed by atoms with E-state index in [-0.39, 0.29) is 13.2 Å². The highest BCUT2D eigenvalue weighted by molar-refractivity contribution is 6.31. The Balaban J connectivity index is 1.94. The van der Waals surface area contributed by atoms with Crippen molar-refractivity contribution < 1.29 is 24.9 Å². The van der Waals surface area contributed by atoms with Crippen LogP contribution < -0.4 is 10.2 Å². The topological polar surface area (TPSA) is 110 Å². The Hall–Kier alpha value is -2.71. The fourth-order valence-electron chi connectivity index (χ4n) is 3.77. The predicted molar refractivity (Wildman–Crippen MR) is 123 cm³/mol. The van der Waals surface area contributed by atoms with E-state index in [4.69, 9.17) is 16.7 Å². The van der Waals surface area contributed by atoms with Gasteiger partial charge in [0.25, 0.3) is 11.8 Å². The van der Waals surface area contributed by atoms with Crippen molar-refractivity contribution in [2.75, 3.05) is 16.8 Å². The van der Waals surface area contributed by atoms with Crippen molar-refractivity contribution in [2.24, 2.45) is 5.92 Å². The summed E-state index contributed by atoms with van der Waals surface area (Å²) >= 11 is 6.18. The van der Waals surface area contributed by atoms with Crippen molar-refractivity contribution in [2.45, 2.75) is 38.5 Å². The molecule has 0 saturated heterocycles. The van der Waals surface area contributed by atoms with Crippen LogP contribution in [0.1, 0.15) is 31.4 Å². The van der Waals surface area contributed by atoms with E-state index >= 15 is 0 Å². The molecule has 3 rings (SSSR count). The first kappa shape index (κ1) is 23.9. The van der Waals surface area contributed by atoms with Crippen LogP contribution in [0, 0.1) is 5.92 Å². The molecule has 0 fully saturated rings. The molecular formula is C24H27ClN2O5. The van der Waals surface area contributed by atoms with Crippen LogP contribution in [0.25, 0.3) is 0 Å². The minimum atomic E-state index is -1.80. The molecule has 1 aliphatic rings. The fourth-order valence-corrected chi connectivity index (χ4v) is 3.94. The number of nitrogens with one attached hydrogen (secondary N) is 1. The number of nitrogens with zero attached hydrogens (tertiary/aromatic N) is 1. The van der Waals surface area contributed by atoms with Crippen molar-refractivity contribution in [3.8, 4) is 0 Å². The first-order valence-corrected chi connectivity index (χ1v) is 10.8. The van der Waals surface area contributed by atoms with Gasteiger partial charge in [0, 0.05) is 28.8 Å². The molecule has 2 aromatic carbocycles. The number of benzene rings is 2. The van der Waals surface area contributed by atoms with Crippen molar-refractivity contribution in [3.05, 3.63) is 70.8 Å². The number of rotatable bonds is 8. The van der Waals surface area contributed by atoms with Gasteiger partial charge in [-0.15, -0.1) is 0 Å². The number of hydrogen-bond donors (Lipinski definition) is 4. The van der Waals surface area contributed by atoms with E-state index in [9.17, 15) is 19.8 Å². The van der Waals surface area contributed by atoms with Crippen LogP contribution in [-0.4, -0.2) is 39.8 Å². The summed E-state index contributed by atoms with van der Waals surface area (Å²) in [6.45, 7) is 3.26. The summed E-state index contributed by atoms with van der Waals surface area (Å²) in [5.74, 6) is -1.56. The zero-order valence-corrected chi connectivity index (χ0v) is 18.7. The van der Waals surface area contributed by atoms with Gasteiger partial charge in [0.05, 0.1) is 12.2 Å². The van der Waals surface area contributed by atoms with Gasteiger partial charge in [-0.1, -0.05) is 42.8 Å². The SMILES string of the molecule is C[C@H](O)C(=O)Nc1cccc(CN2C(=O)[C@](O)([C@H](C)/C=C/CCO)c3cc(Cl)ccc32)c1. The summed E-state index contributed by atoms with van der Waals surface area (Å²) in [5, 5.41) is 33.0. The third kappa shape index (κ3) is 4.71. The molecule has 0 bridgehead atoms. The first-order chi connectivity index (χ1) is 15.2. The number of anilines is 2. The highest BCUT2D eigenvalue weighted by atomic mass is 35.5. The lowest BCUT2D eigenvalue weighted by Crippen LogP contribution is -2.44. The van der Waals surface area contributed by atoms with Crippen molar-refractivity contribution in [1.82, 2.24) is 0 Å². The monoisotopic (exact) mass is 458 g/mol. The number of fused-ring (bicyclic) bond motifs is 1. The molecule has 0 spiro atoms. The van der Waals surface area contributed by atoms with Gasteiger partial charge in [-0.25, -0.2) is 0 Å². The number of halogens is 1. The largest absolute Gasteiger partial charge is 0.396 e. The average Bonchev–Trinajstić information content (AvgIpc) is 2.96. The molecule has 0 aliphatic carbocycles. The van der Waals surface area contributed by atoms with E-state index in [2.05, 4.69) is 5.32 Å². The van der Waals surface area contributed by atoms with Crippen molar-refractivity contribution >= 4 is 34.8 Å². The number of aliphatic hydroxyl groups is 3. The molecular weight excluding hydrogens is 432 g/mol. The maximum atomic E-state index is 13.5. The summed E-state index contributed by atoms with van der Waals surface area (Å²) in [4.78, 5) is 26.8. The standard InChI is InChI=1S/C24H27ClN2O5/c1-15(6-3-4-11-28)24(32)20-13-18(25)9-10-21(20)27(23(24)31)14-17-7-5-8-19(12-17)26-22(30)16(2)29/h3,5-10,12-13,15-16,28-29,32H,4,11,14H2,1-2H3,(H,26,30)/b6-3+/t15-,16+,24+/m1/s1. The Morgan fingerprint density at radius 2 is 2.00 bits per heavy atom. The molecule has 170 valence electrons. The molecule has 2 amide bonds. The van der Waals surface area contributed by atoms with E-state index in [1.807, 2.05) is 6.07 Å². The van der Waals surface area contributed by atoms with Gasteiger partial charge in [-0.2, -0.15) is 0 Å². The highest BCUT2D eigenvalue weighted by Gasteiger charge is 2.52. The normalized spacial score (nSPS) is 19.8. The number of hydrogen-bond acceptors (Lipinski definition) is 5. The summed E-state index contributed by atoms with van der Waals surface area (Å²) in [6.07, 6.45) is 2.72. The highest BCUT2D eigenvalue weighted by Crippen LogP contribution is 2.46. The summed E-state index contributed by atoms with van der Waals surface area (Å²) in [7, 11) is 0. The van der Waals surface area contributed by atoms with Crippen molar-refractivity contribution in [1.29, 1.82) is 0 Å². The average molecular weight is 459 g/mol. The van der Waals surface area contributed by atoms with Crippen LogP contribution >= 0.6 is 11.6 Å². The summed E-state index contributed by atoms with van der Waals surface area (Å²) in [6, 6.07) is 11.9. The van der Waals surface area contributed by atoms with Crippen LogP contribution in [0.2, 0.25) is 5.02 Å². The quantitative estimate of drug-likeness (QED) is 0.454. The van der Waals surface area contributed by atoms with Gasteiger partial charge in [0.15, 0.2) is 5.60 Å². The van der Waals surface area contributed by atoms with Gasteiger partial charge < -0.3 is 25.5 Å². The van der Waals surface area contributed by atoms with E-state index in [1.54, 1.807) is 55.5 Å². The second kappa shape index (κ2) is 9.83. The van der Waals surface area contributed by atoms with Crippen LogP contribution in [0.4, 0.5) is 11.4 Å². The van der Waals surface area contributed by atoms with Gasteiger partial charge in [0.1, 0.15) is 6.10 Å². The molecule has 0 radical (unpaired) electrons. The molecule has 0 unspecified atom stereocenters. The molecule has 4 N–H and O–H groups in total. The zero-order chi connectivity index (χ0) is 23.5. The molecule has 1 aliphatic heterocycles.